The van der Waals surface area contributed by atoms with Gasteiger partial charge < -0.3 is 5.32 Å². The molecule has 0 saturated heterocycles. The normalized spacial score (nSPS) is 12.4. The van der Waals surface area contributed by atoms with Crippen LogP contribution in [-0.2, 0) is 14.8 Å². The number of rotatable bonds is 11. The molecule has 29 heavy (non-hydrogen) atoms. The summed E-state index contributed by atoms with van der Waals surface area (Å²) < 4.78 is 28.4. The van der Waals surface area contributed by atoms with Gasteiger partial charge in [0.25, 0.3) is 10.0 Å². The summed E-state index contributed by atoms with van der Waals surface area (Å²) in [4.78, 5) is 12.8. The molecule has 7 heteroatoms. The number of nitrogens with zero attached hydrogens (tertiary/aromatic N) is 1. The van der Waals surface area contributed by atoms with Crippen LogP contribution in [0.2, 0.25) is 0 Å². The Balaban J connectivity index is 2.20. The Hall–Kier alpha value is -1.86. The van der Waals surface area contributed by atoms with Crippen molar-refractivity contribution >= 4 is 37.5 Å². The van der Waals surface area contributed by atoms with Gasteiger partial charge in [0.1, 0.15) is 6.54 Å². The maximum Gasteiger partial charge on any atom is 0.264 e. The molecule has 0 saturated carbocycles. The highest BCUT2D eigenvalue weighted by molar-refractivity contribution is 9.10. The van der Waals surface area contributed by atoms with Crippen LogP contribution in [0.1, 0.15) is 39.5 Å². The number of amides is 1. The van der Waals surface area contributed by atoms with Crippen molar-refractivity contribution in [3.05, 3.63) is 59.1 Å². The molecule has 158 valence electrons. The van der Waals surface area contributed by atoms with E-state index in [1.807, 2.05) is 0 Å². The fraction of sp³-hybridized carbons (Fsp3) is 0.409. The first-order chi connectivity index (χ1) is 13.9. The summed E-state index contributed by atoms with van der Waals surface area (Å²) in [5, 5.41) is 2.92. The zero-order valence-electron chi connectivity index (χ0n) is 17.0. The molecule has 0 radical (unpaired) electrons. The van der Waals surface area contributed by atoms with Gasteiger partial charge in [-0.1, -0.05) is 67.2 Å². The Kier molecular flexibility index (Phi) is 9.17. The van der Waals surface area contributed by atoms with E-state index in [4.69, 9.17) is 0 Å². The van der Waals surface area contributed by atoms with Crippen LogP contribution in [0.3, 0.4) is 0 Å². The third kappa shape index (κ3) is 6.85. The summed E-state index contributed by atoms with van der Waals surface area (Å²) in [5.41, 5.74) is 0.449. The first-order valence-corrected chi connectivity index (χ1v) is 12.2. The predicted octanol–water partition coefficient (Wildman–Crippen LogP) is 4.98. The van der Waals surface area contributed by atoms with E-state index in [9.17, 15) is 13.2 Å². The van der Waals surface area contributed by atoms with Gasteiger partial charge in [-0.15, -0.1) is 0 Å². The van der Waals surface area contributed by atoms with Crippen LogP contribution in [0.4, 0.5) is 5.69 Å². The van der Waals surface area contributed by atoms with Crippen LogP contribution in [-0.4, -0.2) is 27.4 Å². The number of benzene rings is 2. The van der Waals surface area contributed by atoms with E-state index < -0.39 is 10.0 Å². The van der Waals surface area contributed by atoms with Crippen LogP contribution in [0.5, 0.6) is 0 Å². The zero-order chi connectivity index (χ0) is 21.3. The Morgan fingerprint density at radius 2 is 1.72 bits per heavy atom. The molecule has 0 bridgehead atoms. The maximum atomic E-state index is 13.2. The molecule has 2 aromatic carbocycles. The van der Waals surface area contributed by atoms with E-state index in [2.05, 4.69) is 35.1 Å². The summed E-state index contributed by atoms with van der Waals surface area (Å²) in [6.45, 7) is 4.56. The number of sulfonamides is 1. The first-order valence-electron chi connectivity index (χ1n) is 9.98. The van der Waals surface area contributed by atoms with Crippen LogP contribution in [0.15, 0.2) is 64.0 Å². The second kappa shape index (κ2) is 11.4. The summed E-state index contributed by atoms with van der Waals surface area (Å²) >= 11 is 3.36. The highest BCUT2D eigenvalue weighted by Crippen LogP contribution is 2.25. The molecular weight excluding hydrogens is 452 g/mol. The van der Waals surface area contributed by atoms with Crippen molar-refractivity contribution in [1.29, 1.82) is 0 Å². The summed E-state index contributed by atoms with van der Waals surface area (Å²) in [7, 11) is -3.86. The van der Waals surface area contributed by atoms with Crippen molar-refractivity contribution in [1.82, 2.24) is 5.32 Å². The Labute approximate surface area is 182 Å². The number of anilines is 1. The van der Waals surface area contributed by atoms with Crippen LogP contribution in [0.25, 0.3) is 0 Å². The van der Waals surface area contributed by atoms with Gasteiger partial charge in [-0.2, -0.15) is 0 Å². The molecule has 0 aliphatic rings. The van der Waals surface area contributed by atoms with Crippen molar-refractivity contribution in [2.45, 2.75) is 44.4 Å². The molecule has 5 nitrogen and oxygen atoms in total. The highest BCUT2D eigenvalue weighted by Gasteiger charge is 2.27. The third-order valence-electron chi connectivity index (χ3n) is 4.86. The molecule has 2 aromatic rings. The molecule has 2 rings (SSSR count). The van der Waals surface area contributed by atoms with Crippen molar-refractivity contribution in [2.75, 3.05) is 17.4 Å². The molecule has 1 amide bonds. The van der Waals surface area contributed by atoms with E-state index in [0.29, 0.717) is 18.2 Å². The Morgan fingerprint density at radius 1 is 1.07 bits per heavy atom. The van der Waals surface area contributed by atoms with E-state index in [1.165, 1.54) is 12.1 Å². The molecule has 0 aliphatic carbocycles. The standard InChI is InChI=1S/C22H29BrN2O3S/c1-3-5-9-18(4-2)16-24-22(26)17-25(20-14-12-19(23)13-15-20)29(27,28)21-10-7-6-8-11-21/h6-8,10-15,18H,3-5,9,16-17H2,1-2H3,(H,24,26). The van der Waals surface area contributed by atoms with Gasteiger partial charge in [0.15, 0.2) is 0 Å². The second-order valence-electron chi connectivity index (χ2n) is 7.02. The van der Waals surface area contributed by atoms with Gasteiger partial charge in [-0.25, -0.2) is 8.42 Å². The molecule has 0 aliphatic heterocycles. The van der Waals surface area contributed by atoms with Crippen LogP contribution >= 0.6 is 15.9 Å². The molecule has 0 heterocycles. The van der Waals surface area contributed by atoms with Crippen LogP contribution in [0, 0.1) is 5.92 Å². The van der Waals surface area contributed by atoms with Gasteiger partial charge >= 0.3 is 0 Å². The average Bonchev–Trinajstić information content (AvgIpc) is 2.73. The molecule has 0 aromatic heterocycles. The third-order valence-corrected chi connectivity index (χ3v) is 7.18. The lowest BCUT2D eigenvalue weighted by molar-refractivity contribution is -0.119. The van der Waals surface area contributed by atoms with Gasteiger partial charge in [-0.05, 0) is 48.7 Å². The maximum absolute atomic E-state index is 13.2. The number of carbonyl (C=O) groups is 1. The minimum atomic E-state index is -3.86. The molecule has 1 unspecified atom stereocenters. The minimum Gasteiger partial charge on any atom is -0.354 e. The fourth-order valence-corrected chi connectivity index (χ4v) is 4.74. The molecule has 1 atom stereocenters. The predicted molar refractivity (Wildman–Crippen MR) is 121 cm³/mol. The average molecular weight is 481 g/mol. The van der Waals surface area contributed by atoms with Crippen molar-refractivity contribution < 1.29 is 13.2 Å². The highest BCUT2D eigenvalue weighted by atomic mass is 79.9. The number of carbonyl (C=O) groups excluding carboxylic acids is 1. The lowest BCUT2D eigenvalue weighted by Gasteiger charge is -2.25. The minimum absolute atomic E-state index is 0.157. The quantitative estimate of drug-likeness (QED) is 0.493. The Morgan fingerprint density at radius 3 is 2.31 bits per heavy atom. The van der Waals surface area contributed by atoms with Crippen molar-refractivity contribution in [3.63, 3.8) is 0 Å². The van der Waals surface area contributed by atoms with Gasteiger partial charge in [0, 0.05) is 11.0 Å². The monoisotopic (exact) mass is 480 g/mol. The van der Waals surface area contributed by atoms with Gasteiger partial charge in [-0.3, -0.25) is 9.10 Å². The first kappa shape index (κ1) is 23.4. The summed E-state index contributed by atoms with van der Waals surface area (Å²) in [5.74, 6) is 0.105. The summed E-state index contributed by atoms with van der Waals surface area (Å²) in [6, 6.07) is 15.1. The number of nitrogens with one attached hydrogen (secondary N) is 1. The smallest absolute Gasteiger partial charge is 0.264 e. The largest absolute Gasteiger partial charge is 0.354 e. The van der Waals surface area contributed by atoms with Crippen molar-refractivity contribution in [2.24, 2.45) is 5.92 Å². The lowest BCUT2D eigenvalue weighted by atomic mass is 9.99. The topological polar surface area (TPSA) is 66.5 Å². The van der Waals surface area contributed by atoms with E-state index in [-0.39, 0.29) is 17.3 Å². The Bertz CT molecular complexity index is 871. The molecule has 1 N–H and O–H groups in total. The zero-order valence-corrected chi connectivity index (χ0v) is 19.4. The van der Waals surface area contributed by atoms with Gasteiger partial charge in [0.2, 0.25) is 5.91 Å². The molecule has 0 spiro atoms. The lowest BCUT2D eigenvalue weighted by Crippen LogP contribution is -2.42. The second-order valence-corrected chi connectivity index (χ2v) is 9.80. The van der Waals surface area contributed by atoms with Gasteiger partial charge in [0.05, 0.1) is 10.6 Å². The molecular formula is C22H29BrN2O3S. The number of unbranched alkanes of at least 4 members (excludes halogenated alkanes) is 1. The molecule has 0 fully saturated rings. The van der Waals surface area contributed by atoms with E-state index in [1.54, 1.807) is 42.5 Å². The number of halogens is 1. The van der Waals surface area contributed by atoms with Crippen LogP contribution < -0.4 is 9.62 Å². The number of hydrogen-bond donors (Lipinski definition) is 1. The number of hydrogen-bond acceptors (Lipinski definition) is 3. The van der Waals surface area contributed by atoms with E-state index >= 15 is 0 Å². The van der Waals surface area contributed by atoms with Crippen molar-refractivity contribution in [3.8, 4) is 0 Å². The summed E-state index contributed by atoms with van der Waals surface area (Å²) in [6.07, 6.45) is 4.30. The SMILES string of the molecule is CCCCC(CC)CNC(=O)CN(c1ccc(Br)cc1)S(=O)(=O)c1ccccc1. The van der Waals surface area contributed by atoms with E-state index in [0.717, 1.165) is 34.5 Å². The fourth-order valence-electron chi connectivity index (χ4n) is 3.03.